The van der Waals surface area contributed by atoms with Gasteiger partial charge >= 0.3 is 0 Å². The summed E-state index contributed by atoms with van der Waals surface area (Å²) in [4.78, 5) is 39.5. The predicted molar refractivity (Wildman–Crippen MR) is 159 cm³/mol. The fourth-order valence-corrected chi connectivity index (χ4v) is 5.36. The zero-order valence-electron chi connectivity index (χ0n) is 21.3. The van der Waals surface area contributed by atoms with E-state index in [4.69, 9.17) is 11.6 Å². The SMILES string of the molecule is O=C(Cc1ccc(Cl)cc1)Nc1cccc(SC(C(=O)NC2=NN(c3ccccc3)C(=O)C2)c2ccccc2)c1. The lowest BCUT2D eigenvalue weighted by molar-refractivity contribution is -0.119. The van der Waals surface area contributed by atoms with Gasteiger partial charge in [0.2, 0.25) is 11.8 Å². The molecule has 1 aliphatic rings. The van der Waals surface area contributed by atoms with Crippen LogP contribution in [-0.2, 0) is 20.8 Å². The van der Waals surface area contributed by atoms with Gasteiger partial charge in [0.15, 0.2) is 0 Å². The molecule has 1 aliphatic heterocycles. The van der Waals surface area contributed by atoms with Gasteiger partial charge in [-0.3, -0.25) is 14.4 Å². The number of carbonyl (C=O) groups is 3. The van der Waals surface area contributed by atoms with Gasteiger partial charge in [0.25, 0.3) is 5.91 Å². The summed E-state index contributed by atoms with van der Waals surface area (Å²) < 4.78 is 0. The van der Waals surface area contributed by atoms with Crippen molar-refractivity contribution < 1.29 is 14.4 Å². The van der Waals surface area contributed by atoms with E-state index in [0.29, 0.717) is 22.2 Å². The van der Waals surface area contributed by atoms with Crippen molar-refractivity contribution in [2.75, 3.05) is 10.3 Å². The molecule has 200 valence electrons. The molecule has 0 bridgehead atoms. The largest absolute Gasteiger partial charge is 0.326 e. The van der Waals surface area contributed by atoms with Crippen molar-refractivity contribution in [2.45, 2.75) is 23.0 Å². The molecule has 0 fully saturated rings. The highest BCUT2D eigenvalue weighted by Crippen LogP contribution is 2.36. The first-order valence-corrected chi connectivity index (χ1v) is 13.8. The van der Waals surface area contributed by atoms with Crippen molar-refractivity contribution in [2.24, 2.45) is 5.10 Å². The highest BCUT2D eigenvalue weighted by atomic mass is 35.5. The van der Waals surface area contributed by atoms with Crippen LogP contribution in [0, 0.1) is 0 Å². The minimum absolute atomic E-state index is 0.00193. The fraction of sp³-hybridized carbons (Fsp3) is 0.0968. The Labute approximate surface area is 241 Å². The van der Waals surface area contributed by atoms with E-state index in [1.165, 1.54) is 16.8 Å². The van der Waals surface area contributed by atoms with Crippen LogP contribution in [0.25, 0.3) is 0 Å². The van der Waals surface area contributed by atoms with Crippen molar-refractivity contribution in [1.29, 1.82) is 0 Å². The van der Waals surface area contributed by atoms with E-state index in [1.54, 1.807) is 30.3 Å². The van der Waals surface area contributed by atoms with Crippen molar-refractivity contribution in [3.05, 3.63) is 125 Å². The lowest BCUT2D eigenvalue weighted by atomic mass is 10.1. The molecule has 1 atom stereocenters. The van der Waals surface area contributed by atoms with Crippen molar-refractivity contribution in [1.82, 2.24) is 5.32 Å². The van der Waals surface area contributed by atoms with Gasteiger partial charge in [-0.25, -0.2) is 0 Å². The molecule has 9 heteroatoms. The molecule has 0 saturated heterocycles. The summed E-state index contributed by atoms with van der Waals surface area (Å²) in [5.74, 6) is -0.375. The van der Waals surface area contributed by atoms with E-state index in [9.17, 15) is 14.4 Å². The molecule has 0 radical (unpaired) electrons. The minimum atomic E-state index is -0.621. The smallest absolute Gasteiger partial charge is 0.255 e. The molecule has 0 saturated carbocycles. The molecular weight excluding hydrogens is 544 g/mol. The number of carbonyl (C=O) groups excluding carboxylic acids is 3. The number of thioether (sulfide) groups is 1. The van der Waals surface area contributed by atoms with Crippen LogP contribution in [0.15, 0.2) is 119 Å². The lowest BCUT2D eigenvalue weighted by Gasteiger charge is -2.17. The Morgan fingerprint density at radius 2 is 1.57 bits per heavy atom. The number of anilines is 2. The summed E-state index contributed by atoms with van der Waals surface area (Å²) in [6.07, 6.45) is 0.215. The Balaban J connectivity index is 1.30. The fourth-order valence-electron chi connectivity index (χ4n) is 4.15. The molecule has 3 amide bonds. The van der Waals surface area contributed by atoms with E-state index in [0.717, 1.165) is 16.0 Å². The second kappa shape index (κ2) is 12.6. The highest BCUT2D eigenvalue weighted by Gasteiger charge is 2.29. The molecule has 0 aromatic heterocycles. The van der Waals surface area contributed by atoms with Crippen molar-refractivity contribution >= 4 is 58.3 Å². The summed E-state index contributed by atoms with van der Waals surface area (Å²) in [6.45, 7) is 0. The Morgan fingerprint density at radius 1 is 0.875 bits per heavy atom. The van der Waals surface area contributed by atoms with Crippen LogP contribution in [0.4, 0.5) is 11.4 Å². The van der Waals surface area contributed by atoms with Crippen LogP contribution < -0.4 is 15.6 Å². The number of amidine groups is 1. The van der Waals surface area contributed by atoms with Gasteiger partial charge in [0.1, 0.15) is 11.1 Å². The number of rotatable bonds is 8. The standard InChI is InChI=1S/C31H25ClN4O3S/c32-23-16-14-21(15-17-23)18-28(37)33-24-10-7-13-26(19-24)40-30(22-8-3-1-4-9-22)31(39)34-27-20-29(38)36(35-27)25-11-5-2-6-12-25/h1-17,19,30H,18,20H2,(H,33,37)(H,34,35,39). The summed E-state index contributed by atoms with van der Waals surface area (Å²) >= 11 is 7.28. The molecule has 4 aromatic carbocycles. The molecule has 2 N–H and O–H groups in total. The van der Waals surface area contributed by atoms with E-state index >= 15 is 0 Å². The average Bonchev–Trinajstić information content (AvgIpc) is 3.33. The third-order valence-electron chi connectivity index (χ3n) is 6.03. The average molecular weight is 569 g/mol. The maximum absolute atomic E-state index is 13.5. The van der Waals surface area contributed by atoms with Gasteiger partial charge in [0.05, 0.1) is 18.5 Å². The second-order valence-corrected chi connectivity index (χ2v) is 10.7. The van der Waals surface area contributed by atoms with Crippen molar-refractivity contribution in [3.8, 4) is 0 Å². The second-order valence-electron chi connectivity index (χ2n) is 9.04. The third-order valence-corrected chi connectivity index (χ3v) is 7.53. The van der Waals surface area contributed by atoms with Crippen LogP contribution in [-0.4, -0.2) is 23.6 Å². The molecule has 7 nitrogen and oxygen atoms in total. The van der Waals surface area contributed by atoms with Crippen LogP contribution in [0.5, 0.6) is 0 Å². The van der Waals surface area contributed by atoms with Gasteiger partial charge in [-0.05, 0) is 53.6 Å². The van der Waals surface area contributed by atoms with E-state index in [2.05, 4.69) is 15.7 Å². The zero-order valence-corrected chi connectivity index (χ0v) is 22.9. The summed E-state index contributed by atoms with van der Waals surface area (Å²) in [6, 6.07) is 33.0. The number of halogens is 1. The first kappa shape index (κ1) is 27.2. The van der Waals surface area contributed by atoms with Gasteiger partial charge in [-0.2, -0.15) is 10.1 Å². The number of benzene rings is 4. The van der Waals surface area contributed by atoms with Crippen LogP contribution in [0.1, 0.15) is 22.8 Å². The van der Waals surface area contributed by atoms with Crippen molar-refractivity contribution in [3.63, 3.8) is 0 Å². The van der Waals surface area contributed by atoms with Gasteiger partial charge < -0.3 is 10.6 Å². The van der Waals surface area contributed by atoms with Gasteiger partial charge in [-0.1, -0.05) is 78.3 Å². The summed E-state index contributed by atoms with van der Waals surface area (Å²) in [7, 11) is 0. The lowest BCUT2D eigenvalue weighted by Crippen LogP contribution is -2.33. The predicted octanol–water partition coefficient (Wildman–Crippen LogP) is 6.22. The Bertz CT molecular complexity index is 1550. The monoisotopic (exact) mass is 568 g/mol. The number of hydrogen-bond acceptors (Lipinski definition) is 5. The van der Waals surface area contributed by atoms with E-state index in [-0.39, 0.29) is 30.6 Å². The minimum Gasteiger partial charge on any atom is -0.326 e. The van der Waals surface area contributed by atoms with Gasteiger partial charge in [0, 0.05) is 15.6 Å². The molecule has 4 aromatic rings. The van der Waals surface area contributed by atoms with E-state index < -0.39 is 5.25 Å². The Kier molecular flexibility index (Phi) is 8.59. The number of nitrogens with zero attached hydrogens (tertiary/aromatic N) is 2. The molecule has 0 aliphatic carbocycles. The Hall–Kier alpha value is -4.40. The number of nitrogens with one attached hydrogen (secondary N) is 2. The maximum Gasteiger partial charge on any atom is 0.255 e. The maximum atomic E-state index is 13.5. The molecular formula is C31H25ClN4O3S. The summed E-state index contributed by atoms with van der Waals surface area (Å²) in [5.41, 5.74) is 2.92. The molecule has 1 unspecified atom stereocenters. The number of amides is 3. The molecule has 1 heterocycles. The molecule has 40 heavy (non-hydrogen) atoms. The number of para-hydroxylation sites is 1. The zero-order chi connectivity index (χ0) is 27.9. The summed E-state index contributed by atoms with van der Waals surface area (Å²) in [5, 5.41) is 11.4. The van der Waals surface area contributed by atoms with E-state index in [1.807, 2.05) is 78.9 Å². The Morgan fingerprint density at radius 3 is 2.30 bits per heavy atom. The molecule has 0 spiro atoms. The first-order chi connectivity index (χ1) is 19.4. The van der Waals surface area contributed by atoms with Crippen LogP contribution in [0.2, 0.25) is 5.02 Å². The topological polar surface area (TPSA) is 90.9 Å². The van der Waals surface area contributed by atoms with Crippen LogP contribution in [0.3, 0.4) is 0 Å². The third kappa shape index (κ3) is 6.97. The van der Waals surface area contributed by atoms with Crippen LogP contribution >= 0.6 is 23.4 Å². The molecule has 5 rings (SSSR count). The normalized spacial score (nSPS) is 13.5. The van der Waals surface area contributed by atoms with Gasteiger partial charge in [-0.15, -0.1) is 11.8 Å². The highest BCUT2D eigenvalue weighted by molar-refractivity contribution is 8.00. The first-order valence-electron chi connectivity index (χ1n) is 12.6. The number of hydrogen-bond donors (Lipinski definition) is 2. The quantitative estimate of drug-likeness (QED) is 0.247. The number of hydrazone groups is 1.